The van der Waals surface area contributed by atoms with E-state index in [1.54, 1.807) is 6.92 Å². The van der Waals surface area contributed by atoms with Crippen LogP contribution in [0, 0.1) is 0 Å². The van der Waals surface area contributed by atoms with E-state index in [2.05, 4.69) is 5.16 Å². The molecule has 1 atom stereocenters. The van der Waals surface area contributed by atoms with Crippen LogP contribution in [0.4, 0.5) is 17.6 Å². The molecule has 0 saturated heterocycles. The lowest BCUT2D eigenvalue weighted by atomic mass is 9.95. The number of halogens is 4. The zero-order chi connectivity index (χ0) is 16.9. The Bertz CT molecular complexity index is 731. The lowest BCUT2D eigenvalue weighted by Gasteiger charge is -2.29. The summed E-state index contributed by atoms with van der Waals surface area (Å²) in [5.74, 6) is -3.16. The number of rotatable bonds is 1. The molecule has 0 bridgehead atoms. The minimum atomic E-state index is -4.77. The highest BCUT2D eigenvalue weighted by atomic mass is 19.4. The highest BCUT2D eigenvalue weighted by molar-refractivity contribution is 6.08. The van der Waals surface area contributed by atoms with Gasteiger partial charge in [-0.15, -0.1) is 0 Å². The fourth-order valence-electron chi connectivity index (χ4n) is 2.57. The summed E-state index contributed by atoms with van der Waals surface area (Å²) in [5.41, 5.74) is -0.646. The molecule has 0 N–H and O–H groups in total. The van der Waals surface area contributed by atoms with Gasteiger partial charge in [0, 0.05) is 23.6 Å². The van der Waals surface area contributed by atoms with Crippen LogP contribution in [0.5, 0.6) is 0 Å². The maximum atomic E-state index is 14.2. The minimum absolute atomic E-state index is 0.241. The predicted octanol–water partition coefficient (Wildman–Crippen LogP) is 2.52. The lowest BCUT2D eigenvalue weighted by Crippen LogP contribution is -2.41. The van der Waals surface area contributed by atoms with E-state index in [1.165, 1.54) is 6.08 Å². The summed E-state index contributed by atoms with van der Waals surface area (Å²) in [7, 11) is 0. The van der Waals surface area contributed by atoms with Crippen LogP contribution in [-0.4, -0.2) is 34.7 Å². The fraction of sp³-hybridized carbons (Fsp3) is 0.357. The van der Waals surface area contributed by atoms with Crippen LogP contribution < -0.4 is 0 Å². The molecular weight excluding hydrogens is 320 g/mol. The maximum absolute atomic E-state index is 14.2. The third-order valence-electron chi connectivity index (χ3n) is 3.73. The Kier molecular flexibility index (Phi) is 3.38. The minimum Gasteiger partial charge on any atom is -0.387 e. The molecule has 3 rings (SSSR count). The van der Waals surface area contributed by atoms with E-state index >= 15 is 0 Å². The van der Waals surface area contributed by atoms with Gasteiger partial charge in [-0.3, -0.25) is 9.59 Å². The number of oxime groups is 1. The van der Waals surface area contributed by atoms with Gasteiger partial charge in [-0.25, -0.2) is 9.29 Å². The maximum Gasteiger partial charge on any atom is 0.413 e. The fourth-order valence-corrected chi connectivity index (χ4v) is 2.57. The van der Waals surface area contributed by atoms with Gasteiger partial charge in [-0.1, -0.05) is 5.16 Å². The number of hydrogen-bond acceptors (Lipinski definition) is 4. The number of amides is 2. The van der Waals surface area contributed by atoms with Gasteiger partial charge in [0.1, 0.15) is 5.83 Å². The number of allylic oxidation sites excluding steroid dienone is 1. The van der Waals surface area contributed by atoms with Crippen molar-refractivity contribution in [3.63, 3.8) is 0 Å². The summed E-state index contributed by atoms with van der Waals surface area (Å²) in [5, 5.41) is 3.68. The van der Waals surface area contributed by atoms with Gasteiger partial charge in [0.25, 0.3) is 5.91 Å². The molecule has 0 aromatic rings. The molecule has 3 aliphatic rings. The van der Waals surface area contributed by atoms with E-state index in [0.717, 1.165) is 0 Å². The molecule has 122 valence electrons. The first-order chi connectivity index (χ1) is 10.7. The number of alkyl halides is 3. The number of carbonyl (C=O) groups excluding carboxylic acids is 2. The van der Waals surface area contributed by atoms with Crippen molar-refractivity contribution in [3.8, 4) is 0 Å². The number of fused-ring (bicyclic) bond motifs is 1. The second-order valence-corrected chi connectivity index (χ2v) is 5.28. The first-order valence-electron chi connectivity index (χ1n) is 6.64. The Labute approximate surface area is 127 Å². The summed E-state index contributed by atoms with van der Waals surface area (Å²) < 4.78 is 52.1. The van der Waals surface area contributed by atoms with Crippen LogP contribution in [0.2, 0.25) is 0 Å². The number of nitrogens with zero attached hydrogens (tertiary/aromatic N) is 2. The molecule has 1 unspecified atom stereocenters. The van der Waals surface area contributed by atoms with Crippen LogP contribution in [-0.2, 0) is 14.4 Å². The third-order valence-corrected chi connectivity index (χ3v) is 3.73. The van der Waals surface area contributed by atoms with Crippen molar-refractivity contribution in [2.45, 2.75) is 32.0 Å². The van der Waals surface area contributed by atoms with Crippen LogP contribution in [0.25, 0.3) is 0 Å². The summed E-state index contributed by atoms with van der Waals surface area (Å²) in [6, 6.07) is 0. The molecule has 0 spiro atoms. The third kappa shape index (κ3) is 2.55. The Morgan fingerprint density at radius 2 is 2.00 bits per heavy atom. The van der Waals surface area contributed by atoms with Crippen molar-refractivity contribution in [1.82, 2.24) is 4.90 Å². The number of imide groups is 1. The average Bonchev–Trinajstić information content (AvgIpc) is 2.78. The van der Waals surface area contributed by atoms with Crippen molar-refractivity contribution in [2.24, 2.45) is 5.16 Å². The monoisotopic (exact) mass is 330 g/mol. The van der Waals surface area contributed by atoms with Gasteiger partial charge in [0.15, 0.2) is 6.10 Å². The summed E-state index contributed by atoms with van der Waals surface area (Å²) in [6.07, 6.45) is -5.13. The zero-order valence-corrected chi connectivity index (χ0v) is 11.8. The molecule has 0 aromatic heterocycles. The first-order valence-corrected chi connectivity index (χ1v) is 6.64. The Morgan fingerprint density at radius 3 is 2.61 bits per heavy atom. The van der Waals surface area contributed by atoms with Gasteiger partial charge >= 0.3 is 6.18 Å². The van der Waals surface area contributed by atoms with E-state index < -0.39 is 41.9 Å². The van der Waals surface area contributed by atoms with Crippen molar-refractivity contribution < 1.29 is 32.0 Å². The number of carbonyl (C=O) groups is 2. The highest BCUT2D eigenvalue weighted by Crippen LogP contribution is 2.37. The molecule has 0 aromatic carbocycles. The molecule has 5 nitrogen and oxygen atoms in total. The van der Waals surface area contributed by atoms with Crippen molar-refractivity contribution in [3.05, 3.63) is 34.8 Å². The molecule has 23 heavy (non-hydrogen) atoms. The van der Waals surface area contributed by atoms with Crippen LogP contribution in [0.1, 0.15) is 19.8 Å². The number of hydrogen-bond donors (Lipinski definition) is 0. The van der Waals surface area contributed by atoms with E-state index in [1.807, 2.05) is 0 Å². The van der Waals surface area contributed by atoms with E-state index in [4.69, 9.17) is 4.84 Å². The van der Waals surface area contributed by atoms with Crippen molar-refractivity contribution >= 4 is 17.5 Å². The van der Waals surface area contributed by atoms with Gasteiger partial charge in [0.05, 0.1) is 17.8 Å². The predicted molar refractivity (Wildman–Crippen MR) is 69.4 cm³/mol. The zero-order valence-electron chi connectivity index (χ0n) is 11.8. The molecule has 2 amide bonds. The molecule has 0 radical (unpaired) electrons. The van der Waals surface area contributed by atoms with Gasteiger partial charge in [0.2, 0.25) is 5.91 Å². The Hall–Kier alpha value is -2.45. The van der Waals surface area contributed by atoms with Gasteiger partial charge in [-0.2, -0.15) is 13.2 Å². The summed E-state index contributed by atoms with van der Waals surface area (Å²) >= 11 is 0. The van der Waals surface area contributed by atoms with Gasteiger partial charge < -0.3 is 4.84 Å². The molecule has 0 fully saturated rings. The second-order valence-electron chi connectivity index (χ2n) is 5.28. The standard InChI is InChI=1S/C14H10F4N2O3/c1-6-8-4-10(9(15)5-11(8)23-19-6)20-12(21)2-7(3-13(20)22)14(16,17)18/h2,4,11H,3,5H2,1H3. The normalized spacial score (nSPS) is 25.0. The molecule has 1 aliphatic carbocycles. The SMILES string of the molecule is CC1=NOC2CC(F)=C(N3C(=O)C=C(C(F)(F)F)CC3=O)C=C12. The molecule has 2 aliphatic heterocycles. The van der Waals surface area contributed by atoms with Crippen LogP contribution in [0.3, 0.4) is 0 Å². The average molecular weight is 330 g/mol. The van der Waals surface area contributed by atoms with E-state index in [0.29, 0.717) is 22.3 Å². The van der Waals surface area contributed by atoms with E-state index in [-0.39, 0.29) is 12.1 Å². The van der Waals surface area contributed by atoms with E-state index in [9.17, 15) is 27.2 Å². The van der Waals surface area contributed by atoms with Gasteiger partial charge in [-0.05, 0) is 13.0 Å². The topological polar surface area (TPSA) is 59.0 Å². The van der Waals surface area contributed by atoms with Crippen molar-refractivity contribution in [2.75, 3.05) is 0 Å². The lowest BCUT2D eigenvalue weighted by molar-refractivity contribution is -0.144. The summed E-state index contributed by atoms with van der Waals surface area (Å²) in [6.45, 7) is 1.61. The molecule has 9 heteroatoms. The highest BCUT2D eigenvalue weighted by Gasteiger charge is 2.43. The molecule has 0 saturated carbocycles. The van der Waals surface area contributed by atoms with Crippen molar-refractivity contribution in [1.29, 1.82) is 0 Å². The molecule has 2 heterocycles. The second kappa shape index (κ2) is 5.04. The summed E-state index contributed by atoms with van der Waals surface area (Å²) in [4.78, 5) is 29.3. The largest absolute Gasteiger partial charge is 0.413 e. The Morgan fingerprint density at radius 1 is 1.30 bits per heavy atom. The van der Waals surface area contributed by atoms with Crippen LogP contribution in [0.15, 0.2) is 40.0 Å². The Balaban J connectivity index is 1.98. The van der Waals surface area contributed by atoms with Crippen LogP contribution >= 0.6 is 0 Å². The smallest absolute Gasteiger partial charge is 0.387 e. The quantitative estimate of drug-likeness (QED) is 0.548. The molecular formula is C14H10F4N2O3. The first kappa shape index (κ1) is 15.4.